The number of benzene rings is 1. The third-order valence-corrected chi connectivity index (χ3v) is 3.43. The highest BCUT2D eigenvalue weighted by Crippen LogP contribution is 2.27. The van der Waals surface area contributed by atoms with Gasteiger partial charge in [-0.25, -0.2) is 0 Å². The highest BCUT2D eigenvalue weighted by atomic mass is 16.1. The number of carbonyl (C=O) groups is 1. The van der Waals surface area contributed by atoms with Crippen molar-refractivity contribution in [1.29, 1.82) is 0 Å². The predicted molar refractivity (Wildman–Crippen MR) is 86.3 cm³/mol. The van der Waals surface area contributed by atoms with E-state index in [0.29, 0.717) is 12.5 Å². The van der Waals surface area contributed by atoms with Gasteiger partial charge < -0.3 is 10.6 Å². The minimum atomic E-state index is 0.0395. The molecule has 0 unspecified atom stereocenters. The number of anilines is 1. The largest absolute Gasteiger partial charge is 0.324 e. The topological polar surface area (TPSA) is 41.1 Å². The average Bonchev–Trinajstić information content (AvgIpc) is 2.40. The first-order chi connectivity index (χ1) is 9.56. The Morgan fingerprint density at radius 3 is 2.65 bits per heavy atom. The summed E-state index contributed by atoms with van der Waals surface area (Å²) in [6.45, 7) is 9.80. The van der Waals surface area contributed by atoms with E-state index in [2.05, 4.69) is 37.5 Å². The molecular formula is C17H28N2O. The summed E-state index contributed by atoms with van der Waals surface area (Å²) in [7, 11) is 0. The van der Waals surface area contributed by atoms with Gasteiger partial charge in [0, 0.05) is 5.69 Å². The van der Waals surface area contributed by atoms with Gasteiger partial charge >= 0.3 is 0 Å². The molecule has 0 spiro atoms. The van der Waals surface area contributed by atoms with Gasteiger partial charge in [0.25, 0.3) is 0 Å². The molecule has 0 atom stereocenters. The molecule has 112 valence electrons. The number of amides is 1. The van der Waals surface area contributed by atoms with E-state index in [-0.39, 0.29) is 5.91 Å². The second kappa shape index (κ2) is 8.75. The minimum absolute atomic E-state index is 0.0395. The van der Waals surface area contributed by atoms with Crippen LogP contribution in [0.5, 0.6) is 0 Å². The van der Waals surface area contributed by atoms with Gasteiger partial charge in [0.2, 0.25) is 5.91 Å². The van der Waals surface area contributed by atoms with E-state index in [9.17, 15) is 4.79 Å². The predicted octanol–water partition coefficient (Wildman–Crippen LogP) is 3.84. The van der Waals surface area contributed by atoms with Crippen LogP contribution in [0.1, 0.15) is 57.1 Å². The maximum atomic E-state index is 12.0. The molecule has 20 heavy (non-hydrogen) atoms. The van der Waals surface area contributed by atoms with Crippen LogP contribution in [0.25, 0.3) is 0 Å². The molecule has 3 heteroatoms. The molecule has 0 bridgehead atoms. The number of rotatable bonds is 8. The molecular weight excluding hydrogens is 248 g/mol. The van der Waals surface area contributed by atoms with Crippen molar-refractivity contribution in [1.82, 2.24) is 5.32 Å². The molecule has 3 nitrogen and oxygen atoms in total. The van der Waals surface area contributed by atoms with Crippen LogP contribution in [0, 0.1) is 6.92 Å². The number of hydrogen-bond acceptors (Lipinski definition) is 2. The Hall–Kier alpha value is -1.35. The molecule has 1 rings (SSSR count). The number of unbranched alkanes of at least 4 members (excludes halogenated alkanes) is 2. The van der Waals surface area contributed by atoms with Crippen molar-refractivity contribution in [2.75, 3.05) is 18.4 Å². The van der Waals surface area contributed by atoms with Crippen LogP contribution >= 0.6 is 0 Å². The van der Waals surface area contributed by atoms with Crippen LogP contribution in [0.15, 0.2) is 18.2 Å². The van der Waals surface area contributed by atoms with Crippen molar-refractivity contribution >= 4 is 11.6 Å². The van der Waals surface area contributed by atoms with Crippen molar-refractivity contribution in [3.8, 4) is 0 Å². The van der Waals surface area contributed by atoms with E-state index < -0.39 is 0 Å². The standard InChI is InChI=1S/C17H28N2O/c1-5-6-7-11-18-12-16(20)19-17-14(4)9-8-10-15(17)13(2)3/h8-10,13,18H,5-7,11-12H2,1-4H3,(H,19,20). The summed E-state index contributed by atoms with van der Waals surface area (Å²) >= 11 is 0. The van der Waals surface area contributed by atoms with Crippen LogP contribution in [-0.2, 0) is 4.79 Å². The van der Waals surface area contributed by atoms with Gasteiger partial charge in [-0.2, -0.15) is 0 Å². The highest BCUT2D eigenvalue weighted by Gasteiger charge is 2.11. The Kier molecular flexibility index (Phi) is 7.31. The Morgan fingerprint density at radius 2 is 2.00 bits per heavy atom. The summed E-state index contributed by atoms with van der Waals surface area (Å²) in [6.07, 6.45) is 3.55. The van der Waals surface area contributed by atoms with Crippen molar-refractivity contribution in [2.45, 2.75) is 52.9 Å². The molecule has 0 aliphatic heterocycles. The van der Waals surface area contributed by atoms with Gasteiger partial charge in [0.1, 0.15) is 0 Å². The lowest BCUT2D eigenvalue weighted by Gasteiger charge is -2.16. The van der Waals surface area contributed by atoms with E-state index in [1.54, 1.807) is 0 Å². The molecule has 0 heterocycles. The Balaban J connectivity index is 2.53. The molecule has 0 saturated carbocycles. The molecule has 1 amide bonds. The highest BCUT2D eigenvalue weighted by molar-refractivity contribution is 5.93. The van der Waals surface area contributed by atoms with Gasteiger partial charge in [-0.1, -0.05) is 51.8 Å². The van der Waals surface area contributed by atoms with Gasteiger partial charge in [-0.15, -0.1) is 0 Å². The van der Waals surface area contributed by atoms with E-state index >= 15 is 0 Å². The summed E-state index contributed by atoms with van der Waals surface area (Å²) in [5.74, 6) is 0.445. The van der Waals surface area contributed by atoms with Gasteiger partial charge in [-0.05, 0) is 36.9 Å². The van der Waals surface area contributed by atoms with E-state index in [1.165, 1.54) is 18.4 Å². The molecule has 1 aromatic rings. The lowest BCUT2D eigenvalue weighted by atomic mass is 9.98. The monoisotopic (exact) mass is 276 g/mol. The summed E-state index contributed by atoms with van der Waals surface area (Å²) < 4.78 is 0. The van der Waals surface area contributed by atoms with Crippen molar-refractivity contribution in [3.05, 3.63) is 29.3 Å². The maximum absolute atomic E-state index is 12.0. The average molecular weight is 276 g/mol. The first kappa shape index (κ1) is 16.7. The smallest absolute Gasteiger partial charge is 0.238 e. The summed E-state index contributed by atoms with van der Waals surface area (Å²) in [5.41, 5.74) is 3.29. The number of hydrogen-bond donors (Lipinski definition) is 2. The molecule has 0 aliphatic rings. The zero-order chi connectivity index (χ0) is 15.0. The Bertz CT molecular complexity index is 427. The number of nitrogens with one attached hydrogen (secondary N) is 2. The van der Waals surface area contributed by atoms with Crippen molar-refractivity contribution < 1.29 is 4.79 Å². The second-order valence-corrected chi connectivity index (χ2v) is 5.63. The van der Waals surface area contributed by atoms with Gasteiger partial charge in [0.05, 0.1) is 6.54 Å². The lowest BCUT2D eigenvalue weighted by molar-refractivity contribution is -0.115. The zero-order valence-electron chi connectivity index (χ0n) is 13.3. The SMILES string of the molecule is CCCCCNCC(=O)Nc1c(C)cccc1C(C)C. The number of para-hydroxylation sites is 1. The molecule has 0 fully saturated rings. The molecule has 0 aliphatic carbocycles. The summed E-state index contributed by atoms with van der Waals surface area (Å²) in [4.78, 5) is 12.0. The zero-order valence-corrected chi connectivity index (χ0v) is 13.3. The summed E-state index contributed by atoms with van der Waals surface area (Å²) in [5, 5.41) is 6.25. The molecule has 1 aromatic carbocycles. The maximum Gasteiger partial charge on any atom is 0.238 e. The van der Waals surface area contributed by atoms with E-state index in [4.69, 9.17) is 0 Å². The van der Waals surface area contributed by atoms with Crippen LogP contribution in [0.4, 0.5) is 5.69 Å². The minimum Gasteiger partial charge on any atom is -0.324 e. The van der Waals surface area contributed by atoms with Crippen molar-refractivity contribution in [2.24, 2.45) is 0 Å². The Morgan fingerprint density at radius 1 is 1.25 bits per heavy atom. The third-order valence-electron chi connectivity index (χ3n) is 3.43. The fraction of sp³-hybridized carbons (Fsp3) is 0.588. The molecule has 0 radical (unpaired) electrons. The normalized spacial score (nSPS) is 10.8. The molecule has 0 aromatic heterocycles. The number of aryl methyl sites for hydroxylation is 1. The fourth-order valence-electron chi connectivity index (χ4n) is 2.23. The van der Waals surface area contributed by atoms with Crippen LogP contribution in [-0.4, -0.2) is 19.0 Å². The van der Waals surface area contributed by atoms with Crippen LogP contribution < -0.4 is 10.6 Å². The number of carbonyl (C=O) groups excluding carboxylic acids is 1. The van der Waals surface area contributed by atoms with E-state index in [1.807, 2.05) is 19.1 Å². The van der Waals surface area contributed by atoms with Crippen LogP contribution in [0.2, 0.25) is 0 Å². The van der Waals surface area contributed by atoms with Crippen molar-refractivity contribution in [3.63, 3.8) is 0 Å². The first-order valence-corrected chi connectivity index (χ1v) is 7.66. The second-order valence-electron chi connectivity index (χ2n) is 5.63. The van der Waals surface area contributed by atoms with E-state index in [0.717, 1.165) is 24.2 Å². The molecule has 2 N–H and O–H groups in total. The Labute approximate surface area is 123 Å². The lowest BCUT2D eigenvalue weighted by Crippen LogP contribution is -2.29. The van der Waals surface area contributed by atoms with Gasteiger partial charge in [0.15, 0.2) is 0 Å². The quantitative estimate of drug-likeness (QED) is 0.708. The third kappa shape index (κ3) is 5.33. The van der Waals surface area contributed by atoms with Crippen LogP contribution in [0.3, 0.4) is 0 Å². The first-order valence-electron chi connectivity index (χ1n) is 7.66. The van der Waals surface area contributed by atoms with Gasteiger partial charge in [-0.3, -0.25) is 4.79 Å². The molecule has 0 saturated heterocycles. The summed E-state index contributed by atoms with van der Waals surface area (Å²) in [6, 6.07) is 6.17. The fourth-order valence-corrected chi connectivity index (χ4v) is 2.23.